The molecule has 25 heavy (non-hydrogen) atoms. The van der Waals surface area contributed by atoms with E-state index < -0.39 is 7.60 Å². The van der Waals surface area contributed by atoms with E-state index in [0.29, 0.717) is 23.9 Å². The molecule has 0 spiro atoms. The molecule has 0 atom stereocenters. The van der Waals surface area contributed by atoms with Crippen molar-refractivity contribution in [2.24, 2.45) is 0 Å². The molecule has 0 fully saturated rings. The third-order valence-electron chi connectivity index (χ3n) is 3.88. The van der Waals surface area contributed by atoms with E-state index in [1.165, 1.54) is 20.4 Å². The maximum atomic E-state index is 12.4. The molecule has 1 aromatic carbocycles. The number of aromatic nitrogens is 2. The molecule has 0 amide bonds. The summed E-state index contributed by atoms with van der Waals surface area (Å²) in [4.78, 5) is 10.8. The molecular formula is C18H20N3O3P. The van der Waals surface area contributed by atoms with Gasteiger partial charge in [0.05, 0.1) is 18.6 Å². The highest BCUT2D eigenvalue weighted by molar-refractivity contribution is 7.53. The summed E-state index contributed by atoms with van der Waals surface area (Å²) in [5.74, 6) is 0.676. The van der Waals surface area contributed by atoms with Gasteiger partial charge in [0, 0.05) is 32.6 Å². The first-order valence-corrected chi connectivity index (χ1v) is 9.54. The highest BCUT2D eigenvalue weighted by Crippen LogP contribution is 2.46. The Labute approximate surface area is 148 Å². The van der Waals surface area contributed by atoms with Crippen LogP contribution in [0.5, 0.6) is 0 Å². The second kappa shape index (κ2) is 7.74. The summed E-state index contributed by atoms with van der Waals surface area (Å²) in [7, 11) is -0.380. The molecule has 0 aliphatic heterocycles. The van der Waals surface area contributed by atoms with Crippen molar-refractivity contribution in [3.8, 4) is 0 Å². The van der Waals surface area contributed by atoms with Gasteiger partial charge >= 0.3 is 7.60 Å². The highest BCUT2D eigenvalue weighted by Gasteiger charge is 2.23. The molecule has 130 valence electrons. The minimum absolute atomic E-state index is 0.214. The zero-order valence-electron chi connectivity index (χ0n) is 15.1. The Hall–Kier alpha value is -2.27. The summed E-state index contributed by atoms with van der Waals surface area (Å²) in [6.45, 7) is 0.398. The van der Waals surface area contributed by atoms with Gasteiger partial charge in [-0.15, -0.1) is 0 Å². The normalized spacial score (nSPS) is 12.2. The Bertz CT molecular complexity index is 931. The number of nitrogens with zero attached hydrogens (tertiary/aromatic N) is 3. The fraction of sp³-hybridized carbons (Fsp3) is 0.222. The zero-order valence-corrected chi connectivity index (χ0v) is 15.0. The molecule has 6 nitrogen and oxygen atoms in total. The van der Waals surface area contributed by atoms with E-state index in [0.717, 1.165) is 11.2 Å². The van der Waals surface area contributed by atoms with Crippen molar-refractivity contribution in [1.29, 1.82) is 0 Å². The molecule has 2 aromatic heterocycles. The van der Waals surface area contributed by atoms with Gasteiger partial charge in [0.1, 0.15) is 5.82 Å². The fourth-order valence-electron chi connectivity index (χ4n) is 2.51. The number of hydrogen-bond donors (Lipinski definition) is 0. The van der Waals surface area contributed by atoms with Gasteiger partial charge in [-0.2, -0.15) is 0 Å². The summed E-state index contributed by atoms with van der Waals surface area (Å²) in [5.41, 5.74) is 2.27. The number of rotatable bonds is 7. The molecule has 0 saturated heterocycles. The second-order valence-electron chi connectivity index (χ2n) is 5.33. The minimum Gasteiger partial charge on any atom is -0.326 e. The van der Waals surface area contributed by atoms with Crippen LogP contribution in [0.25, 0.3) is 11.0 Å². The summed E-state index contributed by atoms with van der Waals surface area (Å²) in [5, 5.41) is 0. The topological polar surface area (TPSA) is 64.6 Å². The molecule has 0 N–H and O–H groups in total. The van der Waals surface area contributed by atoms with Crippen LogP contribution in [0.1, 0.15) is 1.37 Å². The first-order valence-electron chi connectivity index (χ1n) is 8.31. The maximum Gasteiger partial charge on any atom is 0.331 e. The number of pyridine rings is 2. The third kappa shape index (κ3) is 4.04. The van der Waals surface area contributed by atoms with Crippen LogP contribution in [0.15, 0.2) is 60.8 Å². The zero-order chi connectivity index (χ0) is 18.6. The van der Waals surface area contributed by atoms with Gasteiger partial charge in [0.2, 0.25) is 0 Å². The molecule has 0 unspecified atom stereocenters. The van der Waals surface area contributed by atoms with Crippen LogP contribution in [0.3, 0.4) is 0 Å². The van der Waals surface area contributed by atoms with Crippen LogP contribution in [0.4, 0.5) is 11.5 Å². The van der Waals surface area contributed by atoms with E-state index in [-0.39, 0.29) is 6.16 Å². The van der Waals surface area contributed by atoms with Crippen LogP contribution in [0, 0.1) is 0 Å². The Morgan fingerprint density at radius 2 is 1.84 bits per heavy atom. The van der Waals surface area contributed by atoms with E-state index >= 15 is 0 Å². The predicted octanol–water partition coefficient (Wildman–Crippen LogP) is 4.25. The molecule has 3 rings (SSSR count). The number of fused-ring (bicyclic) bond motifs is 1. The van der Waals surface area contributed by atoms with Crippen LogP contribution < -0.4 is 4.90 Å². The Balaban J connectivity index is 1.99. The maximum absolute atomic E-state index is 12.4. The van der Waals surface area contributed by atoms with E-state index in [9.17, 15) is 4.57 Å². The van der Waals surface area contributed by atoms with E-state index in [1.54, 1.807) is 6.07 Å². The molecule has 3 aromatic rings. The lowest BCUT2D eigenvalue weighted by molar-refractivity contribution is 0.276. The van der Waals surface area contributed by atoms with E-state index in [1.807, 2.05) is 47.4 Å². The van der Waals surface area contributed by atoms with Crippen molar-refractivity contribution < 1.29 is 15.0 Å². The van der Waals surface area contributed by atoms with Crippen LogP contribution >= 0.6 is 7.60 Å². The van der Waals surface area contributed by atoms with Gasteiger partial charge < -0.3 is 13.9 Å². The third-order valence-corrected chi connectivity index (χ3v) is 5.74. The Morgan fingerprint density at radius 1 is 1.08 bits per heavy atom. The van der Waals surface area contributed by atoms with Crippen LogP contribution in [-0.4, -0.2) is 36.9 Å². The molecular weight excluding hydrogens is 337 g/mol. The Kier molecular flexibility index (Phi) is 5.02. The highest BCUT2D eigenvalue weighted by atomic mass is 31.2. The first-order chi connectivity index (χ1) is 12.5. The van der Waals surface area contributed by atoms with Crippen molar-refractivity contribution in [2.75, 3.05) is 31.8 Å². The predicted molar refractivity (Wildman–Crippen MR) is 99.5 cm³/mol. The van der Waals surface area contributed by atoms with Crippen molar-refractivity contribution in [1.82, 2.24) is 9.97 Å². The molecule has 0 saturated carbocycles. The average Bonchev–Trinajstić information content (AvgIpc) is 2.68. The molecule has 0 aliphatic rings. The van der Waals surface area contributed by atoms with Gasteiger partial charge in [-0.05, 0) is 36.4 Å². The van der Waals surface area contributed by atoms with Gasteiger partial charge in [-0.1, -0.05) is 18.2 Å². The lowest BCUT2D eigenvalue weighted by atomic mass is 10.2. The van der Waals surface area contributed by atoms with Gasteiger partial charge in [-0.3, -0.25) is 9.55 Å². The van der Waals surface area contributed by atoms with Crippen LogP contribution in [0.2, 0.25) is 0 Å². The molecule has 0 bridgehead atoms. The fourth-order valence-corrected chi connectivity index (χ4v) is 3.47. The average molecular weight is 358 g/mol. The monoisotopic (exact) mass is 358 g/mol. The number of anilines is 2. The molecule has 0 aliphatic carbocycles. The molecule has 2 heterocycles. The lowest BCUT2D eigenvalue weighted by Gasteiger charge is -2.25. The summed E-state index contributed by atoms with van der Waals surface area (Å²) in [6.07, 6.45) is 1.71. The van der Waals surface area contributed by atoms with Crippen LogP contribution in [-0.2, 0) is 13.6 Å². The number of hydrogen-bond acceptors (Lipinski definition) is 6. The number of para-hydroxylation sites is 1. The smallest absolute Gasteiger partial charge is 0.326 e. The SMILES string of the molecule is [2H]c1cnc2ccc(N(CCP(=O)(OC)OC)c3ccccc3)nc2c1. The van der Waals surface area contributed by atoms with Crippen molar-refractivity contribution in [3.05, 3.63) is 60.8 Å². The van der Waals surface area contributed by atoms with Crippen molar-refractivity contribution in [2.45, 2.75) is 0 Å². The van der Waals surface area contributed by atoms with Gasteiger partial charge in [0.15, 0.2) is 0 Å². The standard InChI is InChI=1S/C18H20N3O3P/c1-23-25(22,24-2)14-13-21(15-7-4-3-5-8-15)18-11-10-16-17(20-18)9-6-12-19-16/h3-12H,13-14H2,1-2H3/i6D. The molecule has 7 heteroatoms. The molecule has 0 radical (unpaired) electrons. The summed E-state index contributed by atoms with van der Waals surface area (Å²) in [6, 6.07) is 15.4. The summed E-state index contributed by atoms with van der Waals surface area (Å²) >= 11 is 0. The quantitative estimate of drug-likeness (QED) is 0.588. The summed E-state index contributed by atoms with van der Waals surface area (Å²) < 4.78 is 30.3. The number of benzene rings is 1. The van der Waals surface area contributed by atoms with Gasteiger partial charge in [-0.25, -0.2) is 4.98 Å². The van der Waals surface area contributed by atoms with E-state index in [4.69, 9.17) is 10.4 Å². The second-order valence-corrected chi connectivity index (χ2v) is 7.73. The van der Waals surface area contributed by atoms with Gasteiger partial charge in [0.25, 0.3) is 0 Å². The minimum atomic E-state index is -3.14. The lowest BCUT2D eigenvalue weighted by Crippen LogP contribution is -2.22. The Morgan fingerprint density at radius 3 is 2.56 bits per heavy atom. The van der Waals surface area contributed by atoms with Crippen molar-refractivity contribution in [3.63, 3.8) is 0 Å². The first kappa shape index (κ1) is 16.2. The largest absolute Gasteiger partial charge is 0.331 e. The van der Waals surface area contributed by atoms with E-state index in [2.05, 4.69) is 9.97 Å². The van der Waals surface area contributed by atoms with Crippen molar-refractivity contribution >= 4 is 30.1 Å².